The minimum atomic E-state index is -0.993. The highest BCUT2D eigenvalue weighted by Crippen LogP contribution is 2.34. The zero-order valence-corrected chi connectivity index (χ0v) is 19.9. The summed E-state index contributed by atoms with van der Waals surface area (Å²) in [5.74, 6) is -2.67. The maximum atomic E-state index is 14.3. The van der Waals surface area contributed by atoms with Crippen LogP contribution < -0.4 is 21.5 Å². The zero-order chi connectivity index (χ0) is 26.8. The molecule has 5 rings (SSSR count). The molecule has 0 unspecified atom stereocenters. The molecule has 0 spiro atoms. The molecular weight excluding hydrogens is 492 g/mol. The molecule has 4 aromatic rings. The topological polar surface area (TPSA) is 130 Å². The molecule has 1 atom stereocenters. The lowest BCUT2D eigenvalue weighted by Gasteiger charge is -2.23. The van der Waals surface area contributed by atoms with Gasteiger partial charge in [-0.2, -0.15) is 15.0 Å². The van der Waals surface area contributed by atoms with Gasteiger partial charge in [-0.05, 0) is 48.4 Å². The normalized spacial score (nSPS) is 14.8. The molecule has 2 aromatic carbocycles. The van der Waals surface area contributed by atoms with Gasteiger partial charge in [0, 0.05) is 43.2 Å². The standard InChI is InChI=1S/C27H21F2N7O2/c28-20-2-1-3-21(29)26(20)36-25(37)7-6-23(34-36)27(38)33-22-5-4-16(19-14-32-10-8-17(19)13-30)12-24(22)35-11-9-18(31)15-35/h1-8,10,12,14,18H,9,11,15,31H2,(H,33,38)/t18-/m0/s1. The van der Waals surface area contributed by atoms with Gasteiger partial charge >= 0.3 is 0 Å². The van der Waals surface area contributed by atoms with Crippen LogP contribution in [0, 0.1) is 23.0 Å². The number of pyridine rings is 1. The van der Waals surface area contributed by atoms with Gasteiger partial charge in [0.25, 0.3) is 11.5 Å². The van der Waals surface area contributed by atoms with Crippen molar-refractivity contribution in [3.8, 4) is 22.9 Å². The van der Waals surface area contributed by atoms with Gasteiger partial charge in [-0.1, -0.05) is 12.1 Å². The van der Waals surface area contributed by atoms with Crippen molar-refractivity contribution < 1.29 is 13.6 Å². The number of hydrogen-bond donors (Lipinski definition) is 2. The fourth-order valence-electron chi connectivity index (χ4n) is 4.36. The van der Waals surface area contributed by atoms with Crippen molar-refractivity contribution in [2.45, 2.75) is 12.5 Å². The molecule has 0 saturated carbocycles. The molecule has 3 N–H and O–H groups in total. The monoisotopic (exact) mass is 513 g/mol. The second-order valence-electron chi connectivity index (χ2n) is 8.75. The van der Waals surface area contributed by atoms with E-state index in [0.29, 0.717) is 40.3 Å². The van der Waals surface area contributed by atoms with Crippen LogP contribution in [-0.2, 0) is 0 Å². The lowest BCUT2D eigenvalue weighted by atomic mass is 10.0. The summed E-state index contributed by atoms with van der Waals surface area (Å²) in [6.07, 6.45) is 3.89. The van der Waals surface area contributed by atoms with E-state index in [2.05, 4.69) is 21.5 Å². The van der Waals surface area contributed by atoms with E-state index in [1.807, 2.05) is 11.0 Å². The van der Waals surface area contributed by atoms with Gasteiger partial charge in [0.05, 0.1) is 23.0 Å². The van der Waals surface area contributed by atoms with Crippen molar-refractivity contribution in [3.05, 3.63) is 100 Å². The number of rotatable bonds is 5. The maximum absolute atomic E-state index is 14.3. The minimum absolute atomic E-state index is 0.0452. The van der Waals surface area contributed by atoms with Crippen LogP contribution in [0.1, 0.15) is 22.5 Å². The first-order valence-electron chi connectivity index (χ1n) is 11.7. The number of halogens is 2. The van der Waals surface area contributed by atoms with Gasteiger partial charge in [0.2, 0.25) is 0 Å². The molecule has 1 amide bonds. The molecule has 0 radical (unpaired) electrons. The molecule has 1 saturated heterocycles. The van der Waals surface area contributed by atoms with E-state index < -0.39 is 28.8 Å². The highest BCUT2D eigenvalue weighted by molar-refractivity contribution is 6.05. The van der Waals surface area contributed by atoms with Gasteiger partial charge in [0.15, 0.2) is 11.6 Å². The average Bonchev–Trinajstić information content (AvgIpc) is 3.35. The molecule has 9 nitrogen and oxygen atoms in total. The molecule has 1 fully saturated rings. The molecule has 11 heteroatoms. The van der Waals surface area contributed by atoms with E-state index in [0.717, 1.165) is 36.2 Å². The predicted molar refractivity (Wildman–Crippen MR) is 137 cm³/mol. The fourth-order valence-corrected chi connectivity index (χ4v) is 4.36. The quantitative estimate of drug-likeness (QED) is 0.419. The van der Waals surface area contributed by atoms with Crippen molar-refractivity contribution in [2.75, 3.05) is 23.3 Å². The van der Waals surface area contributed by atoms with Gasteiger partial charge in [-0.3, -0.25) is 14.6 Å². The Morgan fingerprint density at radius 3 is 2.63 bits per heavy atom. The Hall–Kier alpha value is -4.95. The van der Waals surface area contributed by atoms with Crippen LogP contribution in [0.5, 0.6) is 0 Å². The Morgan fingerprint density at radius 1 is 1.13 bits per heavy atom. The lowest BCUT2D eigenvalue weighted by Crippen LogP contribution is -2.28. The third kappa shape index (κ3) is 4.72. The number of carbonyl (C=O) groups is 1. The van der Waals surface area contributed by atoms with E-state index in [9.17, 15) is 23.6 Å². The number of para-hydroxylation sites is 1. The number of nitrogens with two attached hydrogens (primary N) is 1. The summed E-state index contributed by atoms with van der Waals surface area (Å²) in [4.78, 5) is 31.7. The van der Waals surface area contributed by atoms with Crippen LogP contribution in [0.4, 0.5) is 20.2 Å². The molecule has 0 bridgehead atoms. The highest BCUT2D eigenvalue weighted by Gasteiger charge is 2.24. The van der Waals surface area contributed by atoms with Crippen molar-refractivity contribution in [1.29, 1.82) is 5.26 Å². The lowest BCUT2D eigenvalue weighted by molar-refractivity contribution is 0.102. The summed E-state index contributed by atoms with van der Waals surface area (Å²) in [6.45, 7) is 1.21. The second-order valence-corrected chi connectivity index (χ2v) is 8.75. The zero-order valence-electron chi connectivity index (χ0n) is 19.9. The Bertz CT molecular complexity index is 1630. The molecular formula is C27H21F2N7O2. The summed E-state index contributed by atoms with van der Waals surface area (Å²) >= 11 is 0. The molecule has 190 valence electrons. The fraction of sp³-hybridized carbons (Fsp3) is 0.148. The first-order valence-corrected chi connectivity index (χ1v) is 11.7. The molecule has 0 aliphatic carbocycles. The number of aromatic nitrogens is 3. The first-order chi connectivity index (χ1) is 18.4. The van der Waals surface area contributed by atoms with Gasteiger partial charge < -0.3 is 16.0 Å². The Balaban J connectivity index is 1.52. The van der Waals surface area contributed by atoms with E-state index in [4.69, 9.17) is 5.73 Å². The minimum Gasteiger partial charge on any atom is -0.368 e. The van der Waals surface area contributed by atoms with E-state index in [1.54, 1.807) is 24.4 Å². The SMILES string of the molecule is N#Cc1ccncc1-c1ccc(NC(=O)c2ccc(=O)n(-c3c(F)cccc3F)n2)c(N2CC[C@H](N)C2)c1. The first kappa shape index (κ1) is 24.7. The Kier molecular flexibility index (Phi) is 6.64. The second kappa shape index (κ2) is 10.2. The third-order valence-electron chi connectivity index (χ3n) is 6.25. The van der Waals surface area contributed by atoms with Crippen molar-refractivity contribution >= 4 is 17.3 Å². The largest absolute Gasteiger partial charge is 0.368 e. The predicted octanol–water partition coefficient (Wildman–Crippen LogP) is 3.23. The number of amides is 1. The van der Waals surface area contributed by atoms with E-state index >= 15 is 0 Å². The van der Waals surface area contributed by atoms with Crippen molar-refractivity contribution in [1.82, 2.24) is 14.8 Å². The maximum Gasteiger partial charge on any atom is 0.276 e. The number of nitriles is 1. The smallest absolute Gasteiger partial charge is 0.276 e. The molecule has 1 aliphatic rings. The van der Waals surface area contributed by atoms with Crippen LogP contribution in [-0.4, -0.2) is 39.8 Å². The number of nitrogens with one attached hydrogen (secondary N) is 1. The van der Waals surface area contributed by atoms with Gasteiger partial charge in [-0.25, -0.2) is 8.78 Å². The summed E-state index contributed by atoms with van der Waals surface area (Å²) < 4.78 is 29.1. The number of hydrogen-bond acceptors (Lipinski definition) is 7. The summed E-state index contributed by atoms with van der Waals surface area (Å²) in [5, 5.41) is 16.2. The van der Waals surface area contributed by atoms with E-state index in [1.165, 1.54) is 12.3 Å². The molecule has 38 heavy (non-hydrogen) atoms. The molecule has 3 heterocycles. The van der Waals surface area contributed by atoms with Gasteiger partial charge in [-0.15, -0.1) is 0 Å². The van der Waals surface area contributed by atoms with Crippen molar-refractivity contribution in [3.63, 3.8) is 0 Å². The Morgan fingerprint density at radius 2 is 1.92 bits per heavy atom. The van der Waals surface area contributed by atoms with Gasteiger partial charge in [0.1, 0.15) is 11.4 Å². The summed E-state index contributed by atoms with van der Waals surface area (Å²) in [5.41, 5.74) is 7.35. The number of nitrogens with zero attached hydrogens (tertiary/aromatic N) is 5. The number of carbonyl (C=O) groups excluding carboxylic acids is 1. The van der Waals surface area contributed by atoms with Crippen LogP contribution in [0.3, 0.4) is 0 Å². The van der Waals surface area contributed by atoms with Crippen LogP contribution in [0.2, 0.25) is 0 Å². The van der Waals surface area contributed by atoms with Crippen LogP contribution >= 0.6 is 0 Å². The highest BCUT2D eigenvalue weighted by atomic mass is 19.1. The summed E-state index contributed by atoms with van der Waals surface area (Å²) in [6, 6.07) is 14.4. The van der Waals surface area contributed by atoms with E-state index in [-0.39, 0.29) is 11.7 Å². The number of benzene rings is 2. The van der Waals surface area contributed by atoms with Crippen molar-refractivity contribution in [2.24, 2.45) is 5.73 Å². The average molecular weight is 514 g/mol. The van der Waals surface area contributed by atoms with Crippen LogP contribution in [0.15, 0.2) is 71.8 Å². The third-order valence-corrected chi connectivity index (χ3v) is 6.25. The number of anilines is 2. The summed E-state index contributed by atoms with van der Waals surface area (Å²) in [7, 11) is 0. The Labute approximate surface area is 215 Å². The molecule has 2 aromatic heterocycles. The van der Waals surface area contributed by atoms with Crippen LogP contribution in [0.25, 0.3) is 16.8 Å². The molecule has 1 aliphatic heterocycles.